The van der Waals surface area contributed by atoms with Gasteiger partial charge >= 0.3 is 0 Å². The number of aromatic nitrogens is 4. The molecule has 0 bridgehead atoms. The summed E-state index contributed by atoms with van der Waals surface area (Å²) in [6.07, 6.45) is 5.63. The lowest BCUT2D eigenvalue weighted by molar-refractivity contribution is 0.0895. The van der Waals surface area contributed by atoms with Crippen molar-refractivity contribution in [3.8, 4) is 0 Å². The van der Waals surface area contributed by atoms with Crippen molar-refractivity contribution in [1.29, 1.82) is 0 Å². The standard InChI is InChI=1S/C15H27N5OSi/c1-5-6-7-16-14-13-15(18-10-17-14)20(11-19-13)12-21-8-9-22(2,3)4/h10-11H,5-9,12H2,1-4H3,(H,16,17,18). The lowest BCUT2D eigenvalue weighted by atomic mass is 10.3. The molecule has 0 saturated carbocycles. The van der Waals surface area contributed by atoms with Gasteiger partial charge in [-0.05, 0) is 12.5 Å². The van der Waals surface area contributed by atoms with Crippen molar-refractivity contribution < 1.29 is 4.74 Å². The van der Waals surface area contributed by atoms with Crippen LogP contribution in [0.3, 0.4) is 0 Å². The van der Waals surface area contributed by atoms with E-state index in [1.54, 1.807) is 12.7 Å². The molecule has 0 fully saturated rings. The van der Waals surface area contributed by atoms with Crippen molar-refractivity contribution in [3.05, 3.63) is 12.7 Å². The second-order valence-corrected chi connectivity index (χ2v) is 12.4. The Bertz CT molecular complexity index is 593. The number of nitrogens with one attached hydrogen (secondary N) is 1. The van der Waals surface area contributed by atoms with Crippen LogP contribution >= 0.6 is 0 Å². The molecule has 7 heteroatoms. The van der Waals surface area contributed by atoms with Gasteiger partial charge in [-0.3, -0.25) is 4.57 Å². The van der Waals surface area contributed by atoms with Gasteiger partial charge in [-0.25, -0.2) is 15.0 Å². The van der Waals surface area contributed by atoms with Gasteiger partial charge in [0.05, 0.1) is 6.33 Å². The van der Waals surface area contributed by atoms with Crippen LogP contribution in [0.25, 0.3) is 11.2 Å². The van der Waals surface area contributed by atoms with Crippen LogP contribution in [0.5, 0.6) is 0 Å². The lowest BCUT2D eigenvalue weighted by Gasteiger charge is -2.15. The first-order chi connectivity index (χ1) is 10.5. The second kappa shape index (κ2) is 7.69. The summed E-state index contributed by atoms with van der Waals surface area (Å²) in [4.78, 5) is 13.1. The molecule has 1 N–H and O–H groups in total. The van der Waals surface area contributed by atoms with Crippen LogP contribution in [0.1, 0.15) is 19.8 Å². The summed E-state index contributed by atoms with van der Waals surface area (Å²) in [6.45, 7) is 11.4. The fourth-order valence-corrected chi connectivity index (χ4v) is 2.79. The van der Waals surface area contributed by atoms with Crippen molar-refractivity contribution >= 4 is 25.1 Å². The van der Waals surface area contributed by atoms with Crippen LogP contribution in [0.2, 0.25) is 25.7 Å². The van der Waals surface area contributed by atoms with E-state index in [9.17, 15) is 0 Å². The molecule has 0 amide bonds. The molecule has 0 aliphatic carbocycles. The molecule has 122 valence electrons. The van der Waals surface area contributed by atoms with E-state index in [1.807, 2.05) is 4.57 Å². The molecular weight excluding hydrogens is 294 g/mol. The molecule has 0 radical (unpaired) electrons. The monoisotopic (exact) mass is 321 g/mol. The van der Waals surface area contributed by atoms with Gasteiger partial charge in [-0.15, -0.1) is 0 Å². The maximum absolute atomic E-state index is 5.78. The SMILES string of the molecule is CCCCNc1ncnc2c1ncn2COCC[Si](C)(C)C. The molecule has 6 nitrogen and oxygen atoms in total. The maximum Gasteiger partial charge on any atom is 0.167 e. The van der Waals surface area contributed by atoms with E-state index >= 15 is 0 Å². The van der Waals surface area contributed by atoms with Gasteiger partial charge in [0, 0.05) is 21.2 Å². The van der Waals surface area contributed by atoms with Crippen molar-refractivity contribution in [2.75, 3.05) is 18.5 Å². The van der Waals surface area contributed by atoms with Crippen LogP contribution in [0.4, 0.5) is 5.82 Å². The predicted octanol–water partition coefficient (Wildman–Crippen LogP) is 3.35. The predicted molar refractivity (Wildman–Crippen MR) is 92.8 cm³/mol. The van der Waals surface area contributed by atoms with E-state index in [2.05, 4.69) is 46.8 Å². The highest BCUT2D eigenvalue weighted by Gasteiger charge is 2.13. The summed E-state index contributed by atoms with van der Waals surface area (Å²) in [5.74, 6) is 0.805. The van der Waals surface area contributed by atoms with E-state index in [0.29, 0.717) is 6.73 Å². The van der Waals surface area contributed by atoms with E-state index in [0.717, 1.165) is 43.0 Å². The third-order valence-corrected chi connectivity index (χ3v) is 5.15. The molecule has 0 aromatic carbocycles. The van der Waals surface area contributed by atoms with Crippen molar-refractivity contribution in [3.63, 3.8) is 0 Å². The Kier molecular flexibility index (Phi) is 5.90. The number of imidazole rings is 1. The molecule has 2 rings (SSSR count). The van der Waals surface area contributed by atoms with Gasteiger partial charge in [0.25, 0.3) is 0 Å². The maximum atomic E-state index is 5.78. The van der Waals surface area contributed by atoms with Gasteiger partial charge in [-0.1, -0.05) is 33.0 Å². The van der Waals surface area contributed by atoms with Gasteiger partial charge in [0.15, 0.2) is 11.5 Å². The number of rotatable bonds is 9. The van der Waals surface area contributed by atoms with Crippen LogP contribution in [0, 0.1) is 0 Å². The molecule has 0 aliphatic rings. The summed E-state index contributed by atoms with van der Waals surface area (Å²) in [5.41, 5.74) is 1.63. The molecule has 0 saturated heterocycles. The fourth-order valence-electron chi connectivity index (χ4n) is 2.03. The molecule has 0 aliphatic heterocycles. The topological polar surface area (TPSA) is 64.9 Å². The fraction of sp³-hybridized carbons (Fsp3) is 0.667. The summed E-state index contributed by atoms with van der Waals surface area (Å²) in [7, 11) is -1.05. The average molecular weight is 322 g/mol. The Morgan fingerprint density at radius 3 is 2.77 bits per heavy atom. The Balaban J connectivity index is 1.98. The van der Waals surface area contributed by atoms with E-state index in [-0.39, 0.29) is 0 Å². The van der Waals surface area contributed by atoms with Crippen LogP contribution in [0.15, 0.2) is 12.7 Å². The third-order valence-electron chi connectivity index (χ3n) is 3.45. The smallest absolute Gasteiger partial charge is 0.167 e. The Labute approximate surface area is 133 Å². The molecule has 2 aromatic rings. The van der Waals surface area contributed by atoms with Crippen LogP contribution < -0.4 is 5.32 Å². The first-order valence-electron chi connectivity index (χ1n) is 7.99. The molecule has 2 heterocycles. The highest BCUT2D eigenvalue weighted by Crippen LogP contribution is 2.17. The molecule has 0 atom stereocenters. The zero-order chi connectivity index (χ0) is 16.0. The summed E-state index contributed by atoms with van der Waals surface area (Å²) in [5, 5.41) is 3.33. The number of unbranched alkanes of at least 4 members (excludes halogenated alkanes) is 1. The number of nitrogens with zero attached hydrogens (tertiary/aromatic N) is 4. The van der Waals surface area contributed by atoms with Crippen molar-refractivity contribution in [2.45, 2.75) is 52.2 Å². The Morgan fingerprint density at radius 2 is 2.05 bits per heavy atom. The highest BCUT2D eigenvalue weighted by atomic mass is 28.3. The normalized spacial score (nSPS) is 12.0. The van der Waals surface area contributed by atoms with E-state index in [4.69, 9.17) is 4.74 Å². The minimum Gasteiger partial charge on any atom is -0.368 e. The number of hydrogen-bond donors (Lipinski definition) is 1. The minimum absolute atomic E-state index is 0.492. The number of fused-ring (bicyclic) bond motifs is 1. The van der Waals surface area contributed by atoms with Gasteiger partial charge in [-0.2, -0.15) is 0 Å². The quantitative estimate of drug-likeness (QED) is 0.567. The van der Waals surface area contributed by atoms with Gasteiger partial charge in [0.1, 0.15) is 18.6 Å². The summed E-state index contributed by atoms with van der Waals surface area (Å²) in [6, 6.07) is 1.17. The first-order valence-corrected chi connectivity index (χ1v) is 11.7. The number of ether oxygens (including phenoxy) is 1. The Morgan fingerprint density at radius 1 is 1.23 bits per heavy atom. The highest BCUT2D eigenvalue weighted by molar-refractivity contribution is 6.76. The van der Waals surface area contributed by atoms with Crippen molar-refractivity contribution in [1.82, 2.24) is 19.5 Å². The average Bonchev–Trinajstić information content (AvgIpc) is 2.87. The molecule has 22 heavy (non-hydrogen) atoms. The molecule has 2 aromatic heterocycles. The third kappa shape index (κ3) is 4.77. The summed E-state index contributed by atoms with van der Waals surface area (Å²) >= 11 is 0. The molecule has 0 unspecified atom stereocenters. The van der Waals surface area contributed by atoms with Crippen LogP contribution in [-0.2, 0) is 11.5 Å². The minimum atomic E-state index is -1.05. The number of anilines is 1. The Hall–Kier alpha value is -1.47. The van der Waals surface area contributed by atoms with Crippen LogP contribution in [-0.4, -0.2) is 40.7 Å². The largest absolute Gasteiger partial charge is 0.368 e. The zero-order valence-corrected chi connectivity index (χ0v) is 15.1. The first kappa shape index (κ1) is 16.9. The van der Waals surface area contributed by atoms with E-state index < -0.39 is 8.07 Å². The number of hydrogen-bond acceptors (Lipinski definition) is 5. The molecule has 0 spiro atoms. The van der Waals surface area contributed by atoms with Gasteiger partial charge < -0.3 is 10.1 Å². The lowest BCUT2D eigenvalue weighted by Crippen LogP contribution is -2.22. The summed E-state index contributed by atoms with van der Waals surface area (Å²) < 4.78 is 7.71. The zero-order valence-electron chi connectivity index (χ0n) is 14.1. The molecular formula is C15H27N5OSi. The van der Waals surface area contributed by atoms with E-state index in [1.165, 1.54) is 6.04 Å². The van der Waals surface area contributed by atoms with Crippen molar-refractivity contribution in [2.24, 2.45) is 0 Å². The van der Waals surface area contributed by atoms with Gasteiger partial charge in [0.2, 0.25) is 0 Å². The second-order valence-electron chi connectivity index (χ2n) is 6.74.